The molecule has 0 fully saturated rings. The van der Waals surface area contributed by atoms with E-state index in [0.29, 0.717) is 18.6 Å². The van der Waals surface area contributed by atoms with Gasteiger partial charge in [-0.05, 0) is 43.4 Å². The van der Waals surface area contributed by atoms with E-state index in [0.717, 1.165) is 38.5 Å². The van der Waals surface area contributed by atoms with Gasteiger partial charge in [-0.25, -0.2) is 9.59 Å². The lowest BCUT2D eigenvalue weighted by Crippen LogP contribution is -2.25. The number of hydrogen-bond acceptors (Lipinski definition) is 5. The van der Waals surface area contributed by atoms with E-state index in [-0.39, 0.29) is 6.61 Å². The fourth-order valence-electron chi connectivity index (χ4n) is 2.41. The van der Waals surface area contributed by atoms with Crippen molar-refractivity contribution in [3.8, 4) is 0 Å². The molecule has 5 heteroatoms. The highest BCUT2D eigenvalue weighted by Crippen LogP contribution is 2.12. The van der Waals surface area contributed by atoms with Crippen molar-refractivity contribution >= 4 is 12.1 Å². The van der Waals surface area contributed by atoms with Gasteiger partial charge in [0.2, 0.25) is 0 Å². The minimum absolute atomic E-state index is 0.0130. The summed E-state index contributed by atoms with van der Waals surface area (Å²) < 4.78 is 15.5. The van der Waals surface area contributed by atoms with E-state index in [2.05, 4.69) is 6.92 Å². The largest absolute Gasteiger partial charge is 0.508 e. The van der Waals surface area contributed by atoms with Crippen molar-refractivity contribution in [2.24, 2.45) is 0 Å². The first-order chi connectivity index (χ1) is 12.6. The number of unbranched alkanes of at least 4 members (excludes halogenated alkanes) is 2. The molecule has 0 radical (unpaired) electrons. The molecule has 1 aromatic carbocycles. The van der Waals surface area contributed by atoms with Gasteiger partial charge in [-0.1, -0.05) is 52.2 Å². The Labute approximate surface area is 157 Å². The standard InChI is InChI=1S/C21H32O5/c1-4-7-10-17-11-13-18(14-12-17)20(22)26-19(9-6-3)16-25-21(23)24-15-8-5-2/h11-14,19H,4-10,15-16H2,1-3H3. The van der Waals surface area contributed by atoms with Crippen LogP contribution in [-0.4, -0.2) is 31.4 Å². The monoisotopic (exact) mass is 364 g/mol. The van der Waals surface area contributed by atoms with Crippen molar-refractivity contribution in [1.82, 2.24) is 0 Å². The highest BCUT2D eigenvalue weighted by atomic mass is 16.7. The molecule has 0 saturated carbocycles. The second-order valence-corrected chi connectivity index (χ2v) is 6.38. The summed E-state index contributed by atoms with van der Waals surface area (Å²) in [7, 11) is 0. The molecule has 0 N–H and O–H groups in total. The van der Waals surface area contributed by atoms with Gasteiger partial charge in [0.05, 0.1) is 12.2 Å². The Morgan fingerprint density at radius 3 is 2.23 bits per heavy atom. The average molecular weight is 364 g/mol. The van der Waals surface area contributed by atoms with Crippen molar-refractivity contribution in [3.63, 3.8) is 0 Å². The molecule has 1 unspecified atom stereocenters. The lowest BCUT2D eigenvalue weighted by Gasteiger charge is -2.17. The predicted octanol–water partition coefficient (Wildman–Crippen LogP) is 5.31. The van der Waals surface area contributed by atoms with Crippen LogP contribution in [0.3, 0.4) is 0 Å². The Hall–Kier alpha value is -2.04. The maximum atomic E-state index is 12.3. The highest BCUT2D eigenvalue weighted by Gasteiger charge is 2.18. The fraction of sp³-hybridized carbons (Fsp3) is 0.619. The van der Waals surface area contributed by atoms with Crippen molar-refractivity contribution in [3.05, 3.63) is 35.4 Å². The highest BCUT2D eigenvalue weighted by molar-refractivity contribution is 5.89. The van der Waals surface area contributed by atoms with Crippen LogP contribution < -0.4 is 0 Å². The molecule has 0 aliphatic heterocycles. The van der Waals surface area contributed by atoms with Crippen LogP contribution >= 0.6 is 0 Å². The second-order valence-electron chi connectivity index (χ2n) is 6.38. The van der Waals surface area contributed by atoms with Crippen LogP contribution in [0, 0.1) is 0 Å². The number of rotatable bonds is 12. The molecule has 0 aromatic heterocycles. The number of hydrogen-bond donors (Lipinski definition) is 0. The van der Waals surface area contributed by atoms with Crippen LogP contribution in [0.15, 0.2) is 24.3 Å². The number of carbonyl (C=O) groups excluding carboxylic acids is 2. The van der Waals surface area contributed by atoms with E-state index in [9.17, 15) is 9.59 Å². The molecular weight excluding hydrogens is 332 g/mol. The van der Waals surface area contributed by atoms with Gasteiger partial charge in [0.1, 0.15) is 12.7 Å². The zero-order chi connectivity index (χ0) is 19.2. The van der Waals surface area contributed by atoms with E-state index in [1.165, 1.54) is 5.56 Å². The Morgan fingerprint density at radius 2 is 1.62 bits per heavy atom. The Bertz CT molecular complexity index is 524. The molecule has 0 spiro atoms. The first kappa shape index (κ1) is 22.0. The van der Waals surface area contributed by atoms with Crippen LogP contribution in [0.1, 0.15) is 75.2 Å². The van der Waals surface area contributed by atoms with Crippen LogP contribution in [0.5, 0.6) is 0 Å². The maximum Gasteiger partial charge on any atom is 0.508 e. The Balaban J connectivity index is 2.49. The minimum atomic E-state index is -0.712. The quantitative estimate of drug-likeness (QED) is 0.372. The van der Waals surface area contributed by atoms with E-state index >= 15 is 0 Å². The SMILES string of the molecule is CCCCOC(=O)OCC(CCC)OC(=O)c1ccc(CCCC)cc1. The van der Waals surface area contributed by atoms with Gasteiger partial charge in [-0.2, -0.15) is 0 Å². The molecule has 0 aliphatic rings. The van der Waals surface area contributed by atoms with E-state index < -0.39 is 18.2 Å². The summed E-state index contributed by atoms with van der Waals surface area (Å²) in [5.74, 6) is -0.395. The van der Waals surface area contributed by atoms with Gasteiger partial charge in [0.15, 0.2) is 0 Å². The molecule has 0 aliphatic carbocycles. The van der Waals surface area contributed by atoms with Crippen molar-refractivity contribution in [2.45, 2.75) is 71.8 Å². The number of carbonyl (C=O) groups is 2. The predicted molar refractivity (Wildman–Crippen MR) is 101 cm³/mol. The minimum Gasteiger partial charge on any atom is -0.455 e. The third-order valence-electron chi connectivity index (χ3n) is 4.00. The van der Waals surface area contributed by atoms with Gasteiger partial charge >= 0.3 is 12.1 Å². The molecule has 1 aromatic rings. The summed E-state index contributed by atoms with van der Waals surface area (Å²) in [6.45, 7) is 6.52. The molecule has 26 heavy (non-hydrogen) atoms. The fourth-order valence-corrected chi connectivity index (χ4v) is 2.41. The molecular formula is C21H32O5. The number of aryl methyl sites for hydroxylation is 1. The lowest BCUT2D eigenvalue weighted by atomic mass is 10.1. The first-order valence-corrected chi connectivity index (χ1v) is 9.70. The summed E-state index contributed by atoms with van der Waals surface area (Å²) in [5.41, 5.74) is 1.73. The Morgan fingerprint density at radius 1 is 0.923 bits per heavy atom. The zero-order valence-corrected chi connectivity index (χ0v) is 16.3. The first-order valence-electron chi connectivity index (χ1n) is 9.70. The zero-order valence-electron chi connectivity index (χ0n) is 16.3. The molecule has 0 heterocycles. The van der Waals surface area contributed by atoms with E-state index in [1.807, 2.05) is 26.0 Å². The third kappa shape index (κ3) is 8.88. The molecule has 1 atom stereocenters. The number of ether oxygens (including phenoxy) is 3. The average Bonchev–Trinajstić information content (AvgIpc) is 2.65. The maximum absolute atomic E-state index is 12.3. The summed E-state index contributed by atoms with van der Waals surface area (Å²) in [4.78, 5) is 23.8. The smallest absolute Gasteiger partial charge is 0.455 e. The van der Waals surface area contributed by atoms with Crippen LogP contribution in [0.2, 0.25) is 0 Å². The van der Waals surface area contributed by atoms with Gasteiger partial charge in [-0.15, -0.1) is 0 Å². The molecule has 146 valence electrons. The summed E-state index contributed by atoms with van der Waals surface area (Å²) in [6, 6.07) is 7.50. The van der Waals surface area contributed by atoms with E-state index in [1.54, 1.807) is 12.1 Å². The van der Waals surface area contributed by atoms with Gasteiger partial charge in [0.25, 0.3) is 0 Å². The molecule has 0 amide bonds. The van der Waals surface area contributed by atoms with Crippen LogP contribution in [-0.2, 0) is 20.6 Å². The van der Waals surface area contributed by atoms with Gasteiger partial charge in [-0.3, -0.25) is 0 Å². The summed E-state index contributed by atoms with van der Waals surface area (Å²) >= 11 is 0. The second kappa shape index (κ2) is 13.2. The van der Waals surface area contributed by atoms with Crippen molar-refractivity contribution < 1.29 is 23.8 Å². The molecule has 1 rings (SSSR count). The molecule has 5 nitrogen and oxygen atoms in total. The third-order valence-corrected chi connectivity index (χ3v) is 4.00. The molecule has 0 saturated heterocycles. The summed E-state index contributed by atoms with van der Waals surface area (Å²) in [6.07, 6.45) is 5.31. The molecule has 0 bridgehead atoms. The van der Waals surface area contributed by atoms with Crippen LogP contribution in [0.4, 0.5) is 4.79 Å². The van der Waals surface area contributed by atoms with Gasteiger partial charge in [0, 0.05) is 0 Å². The topological polar surface area (TPSA) is 61.8 Å². The van der Waals surface area contributed by atoms with Crippen molar-refractivity contribution in [1.29, 1.82) is 0 Å². The lowest BCUT2D eigenvalue weighted by molar-refractivity contribution is -0.00926. The number of benzene rings is 1. The Kier molecular flexibility index (Phi) is 11.2. The normalized spacial score (nSPS) is 11.7. The number of esters is 1. The van der Waals surface area contributed by atoms with Gasteiger partial charge < -0.3 is 14.2 Å². The summed E-state index contributed by atoms with van der Waals surface area (Å²) in [5, 5.41) is 0. The van der Waals surface area contributed by atoms with Crippen LogP contribution in [0.25, 0.3) is 0 Å². The van der Waals surface area contributed by atoms with Crippen molar-refractivity contribution in [2.75, 3.05) is 13.2 Å². The van der Waals surface area contributed by atoms with E-state index in [4.69, 9.17) is 14.2 Å².